The molecule has 0 spiro atoms. The summed E-state index contributed by atoms with van der Waals surface area (Å²) in [5.41, 5.74) is 5.65. The molecule has 3 N–H and O–H groups in total. The molecule has 0 aromatic carbocycles. The number of amides is 2. The predicted octanol–water partition coefficient (Wildman–Crippen LogP) is 1.16. The van der Waals surface area contributed by atoms with Gasteiger partial charge in [0.15, 0.2) is 0 Å². The number of hydrogen-bond acceptors (Lipinski definition) is 2. The van der Waals surface area contributed by atoms with Crippen LogP contribution in [-0.4, -0.2) is 36.1 Å². The maximum Gasteiger partial charge on any atom is 0.317 e. The van der Waals surface area contributed by atoms with Crippen molar-refractivity contribution in [2.45, 2.75) is 45.7 Å². The van der Waals surface area contributed by atoms with Crippen molar-refractivity contribution in [2.75, 3.05) is 13.1 Å². The minimum absolute atomic E-state index is 0.0515. The SMILES string of the molecule is CC(C)NC(=O)N1CC(CN)CCC1C. The molecule has 2 unspecified atom stereocenters. The quantitative estimate of drug-likeness (QED) is 0.723. The van der Waals surface area contributed by atoms with Crippen LogP contribution in [0.4, 0.5) is 4.79 Å². The van der Waals surface area contributed by atoms with Crippen molar-refractivity contribution >= 4 is 6.03 Å². The molecule has 1 saturated heterocycles. The second-order valence-corrected chi connectivity index (χ2v) is 4.78. The average molecular weight is 213 g/mol. The normalized spacial score (nSPS) is 26.9. The zero-order valence-electron chi connectivity index (χ0n) is 9.99. The van der Waals surface area contributed by atoms with E-state index in [1.165, 1.54) is 0 Å². The van der Waals surface area contributed by atoms with Gasteiger partial charge in [-0.05, 0) is 46.1 Å². The topological polar surface area (TPSA) is 58.4 Å². The van der Waals surface area contributed by atoms with Gasteiger partial charge in [-0.2, -0.15) is 0 Å². The van der Waals surface area contributed by atoms with Crippen LogP contribution in [0.1, 0.15) is 33.6 Å². The van der Waals surface area contributed by atoms with Gasteiger partial charge < -0.3 is 16.0 Å². The summed E-state index contributed by atoms with van der Waals surface area (Å²) in [4.78, 5) is 13.8. The summed E-state index contributed by atoms with van der Waals surface area (Å²) < 4.78 is 0. The van der Waals surface area contributed by atoms with Crippen molar-refractivity contribution in [3.63, 3.8) is 0 Å². The largest absolute Gasteiger partial charge is 0.336 e. The Balaban J connectivity index is 2.53. The Labute approximate surface area is 92.2 Å². The number of carbonyl (C=O) groups excluding carboxylic acids is 1. The molecule has 1 rings (SSSR count). The molecule has 0 aliphatic carbocycles. The molecule has 1 aliphatic heterocycles. The van der Waals surface area contributed by atoms with Gasteiger partial charge in [-0.15, -0.1) is 0 Å². The third kappa shape index (κ3) is 3.38. The van der Waals surface area contributed by atoms with Gasteiger partial charge in [-0.1, -0.05) is 0 Å². The van der Waals surface area contributed by atoms with Crippen LogP contribution in [0.3, 0.4) is 0 Å². The monoisotopic (exact) mass is 213 g/mol. The molecular formula is C11H23N3O. The van der Waals surface area contributed by atoms with E-state index in [4.69, 9.17) is 5.73 Å². The molecule has 0 aromatic rings. The number of rotatable bonds is 2. The van der Waals surface area contributed by atoms with E-state index in [1.807, 2.05) is 18.7 Å². The number of piperidine rings is 1. The van der Waals surface area contributed by atoms with Crippen LogP contribution in [0.15, 0.2) is 0 Å². The first-order valence-electron chi connectivity index (χ1n) is 5.81. The Kier molecular flexibility index (Phi) is 4.39. The lowest BCUT2D eigenvalue weighted by Crippen LogP contribution is -2.52. The van der Waals surface area contributed by atoms with Gasteiger partial charge in [-0.25, -0.2) is 4.79 Å². The fraction of sp³-hybridized carbons (Fsp3) is 0.909. The first kappa shape index (κ1) is 12.3. The summed E-state index contributed by atoms with van der Waals surface area (Å²) in [5.74, 6) is 0.471. The summed E-state index contributed by atoms with van der Waals surface area (Å²) in [5, 5.41) is 2.93. The summed E-state index contributed by atoms with van der Waals surface area (Å²) >= 11 is 0. The highest BCUT2D eigenvalue weighted by atomic mass is 16.2. The van der Waals surface area contributed by atoms with Crippen molar-refractivity contribution in [3.05, 3.63) is 0 Å². The third-order valence-electron chi connectivity index (χ3n) is 2.99. The number of nitrogens with zero attached hydrogens (tertiary/aromatic N) is 1. The van der Waals surface area contributed by atoms with E-state index >= 15 is 0 Å². The van der Waals surface area contributed by atoms with Crippen molar-refractivity contribution < 1.29 is 4.79 Å². The van der Waals surface area contributed by atoms with Gasteiger partial charge >= 0.3 is 6.03 Å². The number of nitrogens with two attached hydrogens (primary N) is 1. The number of hydrogen-bond donors (Lipinski definition) is 2. The summed E-state index contributed by atoms with van der Waals surface area (Å²) in [7, 11) is 0. The van der Waals surface area contributed by atoms with Crippen LogP contribution in [0, 0.1) is 5.92 Å². The van der Waals surface area contributed by atoms with Gasteiger partial charge in [-0.3, -0.25) is 0 Å². The van der Waals surface area contributed by atoms with Gasteiger partial charge in [0.2, 0.25) is 0 Å². The molecule has 1 fully saturated rings. The maximum absolute atomic E-state index is 11.9. The smallest absolute Gasteiger partial charge is 0.317 e. The lowest BCUT2D eigenvalue weighted by Gasteiger charge is -2.38. The fourth-order valence-corrected chi connectivity index (χ4v) is 1.99. The third-order valence-corrected chi connectivity index (χ3v) is 2.99. The average Bonchev–Trinajstić information content (AvgIpc) is 2.17. The second-order valence-electron chi connectivity index (χ2n) is 4.78. The Morgan fingerprint density at radius 1 is 1.53 bits per heavy atom. The van der Waals surface area contributed by atoms with Crippen LogP contribution in [-0.2, 0) is 0 Å². The highest BCUT2D eigenvalue weighted by Gasteiger charge is 2.28. The van der Waals surface area contributed by atoms with E-state index < -0.39 is 0 Å². The molecule has 2 amide bonds. The molecule has 15 heavy (non-hydrogen) atoms. The second kappa shape index (κ2) is 5.35. The molecule has 0 saturated carbocycles. The lowest BCUT2D eigenvalue weighted by atomic mass is 9.94. The van der Waals surface area contributed by atoms with Crippen molar-refractivity contribution in [1.29, 1.82) is 0 Å². The van der Waals surface area contributed by atoms with Crippen LogP contribution in [0.25, 0.3) is 0 Å². The van der Waals surface area contributed by atoms with E-state index in [-0.39, 0.29) is 12.1 Å². The van der Waals surface area contributed by atoms with E-state index in [2.05, 4.69) is 12.2 Å². The van der Waals surface area contributed by atoms with Crippen LogP contribution < -0.4 is 11.1 Å². The zero-order chi connectivity index (χ0) is 11.4. The zero-order valence-corrected chi connectivity index (χ0v) is 9.99. The summed E-state index contributed by atoms with van der Waals surface area (Å²) in [6.45, 7) is 7.54. The van der Waals surface area contributed by atoms with E-state index in [0.717, 1.165) is 19.4 Å². The van der Waals surface area contributed by atoms with Crippen molar-refractivity contribution in [3.8, 4) is 0 Å². The number of nitrogens with one attached hydrogen (secondary N) is 1. The van der Waals surface area contributed by atoms with Gasteiger partial charge in [0.25, 0.3) is 0 Å². The maximum atomic E-state index is 11.9. The minimum atomic E-state index is 0.0515. The van der Waals surface area contributed by atoms with Crippen LogP contribution in [0.2, 0.25) is 0 Å². The Bertz CT molecular complexity index is 218. The van der Waals surface area contributed by atoms with Crippen LogP contribution in [0.5, 0.6) is 0 Å². The van der Waals surface area contributed by atoms with Gasteiger partial charge in [0.1, 0.15) is 0 Å². The first-order chi connectivity index (χ1) is 7.04. The molecule has 2 atom stereocenters. The highest BCUT2D eigenvalue weighted by molar-refractivity contribution is 5.74. The minimum Gasteiger partial charge on any atom is -0.336 e. The number of carbonyl (C=O) groups is 1. The van der Waals surface area contributed by atoms with Gasteiger partial charge in [0.05, 0.1) is 0 Å². The molecule has 88 valence electrons. The Morgan fingerprint density at radius 2 is 2.20 bits per heavy atom. The van der Waals surface area contributed by atoms with Crippen molar-refractivity contribution in [2.24, 2.45) is 11.7 Å². The fourth-order valence-electron chi connectivity index (χ4n) is 1.99. The van der Waals surface area contributed by atoms with Crippen molar-refractivity contribution in [1.82, 2.24) is 10.2 Å². The van der Waals surface area contributed by atoms with Crippen LogP contribution >= 0.6 is 0 Å². The predicted molar refractivity (Wildman–Crippen MR) is 61.6 cm³/mol. The molecule has 1 heterocycles. The summed E-state index contributed by atoms with van der Waals surface area (Å²) in [6, 6.07) is 0.588. The molecule has 1 aliphatic rings. The lowest BCUT2D eigenvalue weighted by molar-refractivity contribution is 0.132. The Hall–Kier alpha value is -0.770. The van der Waals surface area contributed by atoms with E-state index in [1.54, 1.807) is 0 Å². The molecule has 0 aromatic heterocycles. The molecule has 4 heteroatoms. The number of urea groups is 1. The molecular weight excluding hydrogens is 190 g/mol. The standard InChI is InChI=1S/C11H23N3O/c1-8(2)13-11(15)14-7-10(6-12)5-4-9(14)3/h8-10H,4-7,12H2,1-3H3,(H,13,15). The highest BCUT2D eigenvalue weighted by Crippen LogP contribution is 2.20. The molecule has 0 bridgehead atoms. The van der Waals surface area contributed by atoms with Gasteiger partial charge in [0, 0.05) is 18.6 Å². The van der Waals surface area contributed by atoms with E-state index in [0.29, 0.717) is 18.5 Å². The molecule has 4 nitrogen and oxygen atoms in total. The first-order valence-corrected chi connectivity index (χ1v) is 5.81. The Morgan fingerprint density at radius 3 is 2.73 bits per heavy atom. The number of likely N-dealkylation sites (tertiary alicyclic amines) is 1. The van der Waals surface area contributed by atoms with E-state index in [9.17, 15) is 4.79 Å². The molecule has 0 radical (unpaired) electrons. The summed E-state index contributed by atoms with van der Waals surface area (Å²) in [6.07, 6.45) is 2.20.